The smallest absolute Gasteiger partial charge is 0.153 e. The van der Waals surface area contributed by atoms with Gasteiger partial charge in [-0.05, 0) is 35.4 Å². The minimum absolute atomic E-state index is 0.736. The molecule has 122 valence electrons. The highest BCUT2D eigenvalue weighted by Gasteiger charge is 2.09. The lowest BCUT2D eigenvalue weighted by atomic mass is 10.2. The third-order valence-corrected chi connectivity index (χ3v) is 4.48. The van der Waals surface area contributed by atoms with Crippen molar-refractivity contribution in [3.05, 3.63) is 94.5 Å². The molecular formula is C21H16BrN3. The predicted molar refractivity (Wildman–Crippen MR) is 105 cm³/mol. The van der Waals surface area contributed by atoms with Crippen molar-refractivity contribution in [3.63, 3.8) is 0 Å². The van der Waals surface area contributed by atoms with Crippen molar-refractivity contribution in [1.29, 1.82) is 0 Å². The van der Waals surface area contributed by atoms with Gasteiger partial charge in [-0.1, -0.05) is 64.5 Å². The molecule has 2 heterocycles. The first kappa shape index (κ1) is 15.8. The molecule has 0 spiro atoms. The van der Waals surface area contributed by atoms with E-state index in [2.05, 4.69) is 66.9 Å². The van der Waals surface area contributed by atoms with Gasteiger partial charge >= 0.3 is 0 Å². The standard InChI is InChI=1S/C21H16BrN3/c22-18-9-6-17(7-10-18)14-25-13-12-19-20(15-25)24-21(23-19)11-8-16-4-2-1-3-5-16/h1-13,15H,14H2/b11-8+. The zero-order chi connectivity index (χ0) is 17.1. The molecule has 0 fully saturated rings. The third kappa shape index (κ3) is 3.86. The number of benzene rings is 2. The predicted octanol–water partition coefficient (Wildman–Crippen LogP) is 5.36. The van der Waals surface area contributed by atoms with Crippen molar-refractivity contribution < 1.29 is 0 Å². The normalized spacial score (nSPS) is 11.4. The number of pyridine rings is 1. The number of imidazole rings is 1. The van der Waals surface area contributed by atoms with Gasteiger partial charge < -0.3 is 4.57 Å². The number of aromatic nitrogens is 3. The highest BCUT2D eigenvalue weighted by Crippen LogP contribution is 2.20. The van der Waals surface area contributed by atoms with E-state index in [0.717, 1.165) is 33.8 Å². The zero-order valence-corrected chi connectivity index (χ0v) is 15.1. The Kier molecular flexibility index (Phi) is 4.44. The summed E-state index contributed by atoms with van der Waals surface area (Å²) in [5.41, 5.74) is 4.21. The monoisotopic (exact) mass is 389 g/mol. The molecule has 0 unspecified atom stereocenters. The Bertz CT molecular complexity index is 972. The number of nitrogens with zero attached hydrogens (tertiary/aromatic N) is 3. The van der Waals surface area contributed by atoms with Crippen LogP contribution in [0.3, 0.4) is 0 Å². The van der Waals surface area contributed by atoms with Crippen molar-refractivity contribution in [2.45, 2.75) is 6.54 Å². The fourth-order valence-corrected chi connectivity index (χ4v) is 2.94. The third-order valence-electron chi connectivity index (χ3n) is 3.95. The summed E-state index contributed by atoms with van der Waals surface area (Å²) in [6.45, 7) is 0.811. The van der Waals surface area contributed by atoms with Gasteiger partial charge in [-0.2, -0.15) is 0 Å². The van der Waals surface area contributed by atoms with Gasteiger partial charge in [0.15, 0.2) is 5.82 Å². The SMILES string of the molecule is Brc1ccc(Cn2ccc3nc(/C=C/c4ccccc4)nc-3c2)cc1. The van der Waals surface area contributed by atoms with Gasteiger partial charge in [0.05, 0.1) is 5.69 Å². The van der Waals surface area contributed by atoms with Crippen LogP contribution >= 0.6 is 15.9 Å². The Labute approximate surface area is 155 Å². The van der Waals surface area contributed by atoms with Crippen LogP contribution in [0.4, 0.5) is 0 Å². The van der Waals surface area contributed by atoms with Crippen LogP contribution in [-0.4, -0.2) is 14.5 Å². The van der Waals surface area contributed by atoms with Crippen LogP contribution < -0.4 is 0 Å². The van der Waals surface area contributed by atoms with E-state index in [9.17, 15) is 0 Å². The maximum atomic E-state index is 4.62. The summed E-state index contributed by atoms with van der Waals surface area (Å²) in [6, 6.07) is 20.5. The minimum atomic E-state index is 0.736. The Hall–Kier alpha value is -2.72. The van der Waals surface area contributed by atoms with Gasteiger partial charge in [-0.15, -0.1) is 0 Å². The first-order valence-electron chi connectivity index (χ1n) is 8.07. The quantitative estimate of drug-likeness (QED) is 0.470. The Morgan fingerprint density at radius 1 is 0.840 bits per heavy atom. The maximum Gasteiger partial charge on any atom is 0.153 e. The number of halogens is 1. The number of fused-ring (bicyclic) bond motifs is 1. The van der Waals surface area contributed by atoms with E-state index in [0.29, 0.717) is 0 Å². The van der Waals surface area contributed by atoms with E-state index >= 15 is 0 Å². The molecule has 0 atom stereocenters. The van der Waals surface area contributed by atoms with Gasteiger partial charge in [0.25, 0.3) is 0 Å². The van der Waals surface area contributed by atoms with Crippen LogP contribution in [0.2, 0.25) is 0 Å². The van der Waals surface area contributed by atoms with E-state index < -0.39 is 0 Å². The molecule has 0 saturated carbocycles. The number of hydrogen-bond donors (Lipinski definition) is 0. The van der Waals surface area contributed by atoms with Crippen LogP contribution in [0.1, 0.15) is 17.0 Å². The molecule has 0 aromatic heterocycles. The molecule has 4 heteroatoms. The van der Waals surface area contributed by atoms with E-state index in [-0.39, 0.29) is 0 Å². The van der Waals surface area contributed by atoms with Crippen LogP contribution in [-0.2, 0) is 6.54 Å². The first-order valence-corrected chi connectivity index (χ1v) is 8.87. The average molecular weight is 390 g/mol. The second kappa shape index (κ2) is 7.03. The molecule has 0 amide bonds. The van der Waals surface area contributed by atoms with Crippen molar-refractivity contribution in [1.82, 2.24) is 14.5 Å². The molecule has 0 radical (unpaired) electrons. The maximum absolute atomic E-state index is 4.62. The Balaban J connectivity index is 1.56. The number of rotatable bonds is 4. The molecule has 0 N–H and O–H groups in total. The topological polar surface area (TPSA) is 30.7 Å². The van der Waals surface area contributed by atoms with Gasteiger partial charge in [0.2, 0.25) is 0 Å². The molecule has 2 aromatic rings. The Morgan fingerprint density at radius 3 is 2.40 bits per heavy atom. The van der Waals surface area contributed by atoms with E-state index in [1.165, 1.54) is 5.56 Å². The van der Waals surface area contributed by atoms with E-state index in [1.54, 1.807) is 0 Å². The van der Waals surface area contributed by atoms with Crippen molar-refractivity contribution in [3.8, 4) is 11.4 Å². The summed E-state index contributed by atoms with van der Waals surface area (Å²) in [6.07, 6.45) is 8.08. The minimum Gasteiger partial charge on any atom is -0.348 e. The van der Waals surface area contributed by atoms with Crippen LogP contribution in [0.25, 0.3) is 23.5 Å². The zero-order valence-electron chi connectivity index (χ0n) is 13.5. The summed E-state index contributed by atoms with van der Waals surface area (Å²) in [4.78, 5) is 9.19. The summed E-state index contributed by atoms with van der Waals surface area (Å²) < 4.78 is 3.22. The summed E-state index contributed by atoms with van der Waals surface area (Å²) in [5.74, 6) is 0.736. The van der Waals surface area contributed by atoms with E-state index in [4.69, 9.17) is 0 Å². The lowest BCUT2D eigenvalue weighted by Crippen LogP contribution is -2.00. The fraction of sp³-hybridized carbons (Fsp3) is 0.0476. The van der Waals surface area contributed by atoms with E-state index in [1.807, 2.05) is 48.8 Å². The van der Waals surface area contributed by atoms with Crippen LogP contribution in [0, 0.1) is 0 Å². The van der Waals surface area contributed by atoms with Gasteiger partial charge in [-0.25, -0.2) is 9.97 Å². The highest BCUT2D eigenvalue weighted by molar-refractivity contribution is 9.10. The fourth-order valence-electron chi connectivity index (χ4n) is 2.68. The van der Waals surface area contributed by atoms with Crippen LogP contribution in [0.15, 0.2) is 77.5 Å². The van der Waals surface area contributed by atoms with Crippen molar-refractivity contribution >= 4 is 28.1 Å². The van der Waals surface area contributed by atoms with Gasteiger partial charge in [0.1, 0.15) is 5.69 Å². The van der Waals surface area contributed by atoms with Crippen molar-refractivity contribution in [2.24, 2.45) is 0 Å². The highest BCUT2D eigenvalue weighted by atomic mass is 79.9. The second-order valence-corrected chi connectivity index (χ2v) is 6.76. The Morgan fingerprint density at radius 2 is 1.60 bits per heavy atom. The first-order chi connectivity index (χ1) is 12.3. The van der Waals surface area contributed by atoms with Crippen molar-refractivity contribution in [2.75, 3.05) is 0 Å². The molecule has 2 aromatic carbocycles. The molecule has 0 bridgehead atoms. The summed E-state index contributed by atoms with van der Waals surface area (Å²) >= 11 is 3.47. The lowest BCUT2D eigenvalue weighted by molar-refractivity contribution is 0.789. The van der Waals surface area contributed by atoms with Crippen LogP contribution in [0.5, 0.6) is 0 Å². The summed E-state index contributed by atoms with van der Waals surface area (Å²) in [7, 11) is 0. The average Bonchev–Trinajstić information content (AvgIpc) is 3.05. The molecule has 4 rings (SSSR count). The molecular weight excluding hydrogens is 374 g/mol. The molecule has 25 heavy (non-hydrogen) atoms. The molecule has 0 saturated heterocycles. The van der Waals surface area contributed by atoms with Gasteiger partial charge in [0, 0.05) is 23.4 Å². The van der Waals surface area contributed by atoms with Gasteiger partial charge in [-0.3, -0.25) is 0 Å². The molecule has 0 aliphatic carbocycles. The second-order valence-electron chi connectivity index (χ2n) is 5.84. The lowest BCUT2D eigenvalue weighted by Gasteiger charge is -2.08. The summed E-state index contributed by atoms with van der Waals surface area (Å²) in [5, 5.41) is 0. The molecule has 2 aliphatic heterocycles. The molecule has 3 nitrogen and oxygen atoms in total. The molecule has 2 aliphatic rings. The number of hydrogen-bond acceptors (Lipinski definition) is 2. The largest absolute Gasteiger partial charge is 0.348 e.